The highest BCUT2D eigenvalue weighted by atomic mass is 19.4. The normalized spacial score (nSPS) is 16.3. The molecule has 11 heteroatoms. The fourth-order valence-corrected chi connectivity index (χ4v) is 2.81. The van der Waals surface area contributed by atoms with E-state index in [0.717, 1.165) is 0 Å². The third-order valence-electron chi connectivity index (χ3n) is 4.13. The molecular formula is C18H23F3N4O4. The molecule has 8 nitrogen and oxygen atoms in total. The molecule has 0 radical (unpaired) electrons. The van der Waals surface area contributed by atoms with Crippen LogP contribution in [0.1, 0.15) is 19.8 Å². The Morgan fingerprint density at radius 2 is 1.86 bits per heavy atom. The number of likely N-dealkylation sites (tertiary alicyclic amines) is 1. The predicted octanol–water partition coefficient (Wildman–Crippen LogP) is 1.88. The summed E-state index contributed by atoms with van der Waals surface area (Å²) in [7, 11) is 0. The van der Waals surface area contributed by atoms with Crippen LogP contribution < -0.4 is 20.7 Å². The molecule has 29 heavy (non-hydrogen) atoms. The molecule has 1 saturated heterocycles. The first-order valence-electron chi connectivity index (χ1n) is 9.11. The first kappa shape index (κ1) is 22.3. The van der Waals surface area contributed by atoms with Gasteiger partial charge in [0.1, 0.15) is 18.3 Å². The minimum absolute atomic E-state index is 0.137. The minimum atomic E-state index is -4.51. The Morgan fingerprint density at radius 1 is 1.17 bits per heavy atom. The average molecular weight is 416 g/mol. The van der Waals surface area contributed by atoms with Crippen LogP contribution >= 0.6 is 0 Å². The highest BCUT2D eigenvalue weighted by Gasteiger charge is 2.36. The van der Waals surface area contributed by atoms with Gasteiger partial charge in [0.15, 0.2) is 6.61 Å². The van der Waals surface area contributed by atoms with Gasteiger partial charge < -0.3 is 25.6 Å². The van der Waals surface area contributed by atoms with Crippen molar-refractivity contribution < 1.29 is 32.3 Å². The molecule has 160 valence electrons. The van der Waals surface area contributed by atoms with Gasteiger partial charge in [-0.1, -0.05) is 0 Å². The van der Waals surface area contributed by atoms with Crippen molar-refractivity contribution >= 4 is 23.5 Å². The smallest absolute Gasteiger partial charge is 0.405 e. The number of rotatable bonds is 7. The van der Waals surface area contributed by atoms with Crippen LogP contribution in [0.3, 0.4) is 0 Å². The van der Waals surface area contributed by atoms with Crippen molar-refractivity contribution in [2.75, 3.05) is 31.6 Å². The summed E-state index contributed by atoms with van der Waals surface area (Å²) in [6.07, 6.45) is -3.70. The molecule has 1 unspecified atom stereocenters. The Kier molecular flexibility index (Phi) is 7.68. The van der Waals surface area contributed by atoms with Crippen molar-refractivity contribution in [1.29, 1.82) is 0 Å². The lowest BCUT2D eigenvalue weighted by atomic mass is 10.2. The summed E-state index contributed by atoms with van der Waals surface area (Å²) in [5, 5.41) is 7.01. The highest BCUT2D eigenvalue weighted by Crippen LogP contribution is 2.21. The second-order valence-corrected chi connectivity index (χ2v) is 6.38. The van der Waals surface area contributed by atoms with E-state index in [1.807, 2.05) is 5.32 Å². The van der Waals surface area contributed by atoms with Gasteiger partial charge in [-0.05, 0) is 44.0 Å². The third-order valence-corrected chi connectivity index (χ3v) is 4.13. The summed E-state index contributed by atoms with van der Waals surface area (Å²) < 4.78 is 42.1. The number of likely N-dealkylation sites (N-methyl/N-ethyl adjacent to an activating group) is 1. The van der Waals surface area contributed by atoms with Crippen LogP contribution in [0, 0.1) is 0 Å². The van der Waals surface area contributed by atoms with Crippen LogP contribution in [0.15, 0.2) is 24.3 Å². The maximum absolute atomic E-state index is 12.4. The van der Waals surface area contributed by atoms with Crippen molar-refractivity contribution in [3.8, 4) is 5.75 Å². The number of benzene rings is 1. The molecule has 1 aromatic rings. The maximum Gasteiger partial charge on any atom is 0.405 e. The van der Waals surface area contributed by atoms with Crippen molar-refractivity contribution in [3.63, 3.8) is 0 Å². The minimum Gasteiger partial charge on any atom is -0.484 e. The molecular weight excluding hydrogens is 393 g/mol. The molecule has 1 heterocycles. The number of hydrogen-bond acceptors (Lipinski definition) is 4. The molecule has 1 fully saturated rings. The van der Waals surface area contributed by atoms with E-state index in [1.165, 1.54) is 4.90 Å². The SMILES string of the molecule is CCNC(=O)COc1ccc(NC(=O)N2CCCC2C(=O)NCC(F)(F)F)cc1. The third kappa shape index (κ3) is 7.16. The molecule has 1 aliphatic heterocycles. The summed E-state index contributed by atoms with van der Waals surface area (Å²) >= 11 is 0. The van der Waals surface area contributed by atoms with Gasteiger partial charge in [-0.25, -0.2) is 4.79 Å². The second-order valence-electron chi connectivity index (χ2n) is 6.38. The molecule has 1 atom stereocenters. The molecule has 0 aliphatic carbocycles. The van der Waals surface area contributed by atoms with Gasteiger partial charge in [0, 0.05) is 18.8 Å². The molecule has 0 bridgehead atoms. The summed E-state index contributed by atoms with van der Waals surface area (Å²) in [6, 6.07) is 4.71. The lowest BCUT2D eigenvalue weighted by molar-refractivity contribution is -0.140. The van der Waals surface area contributed by atoms with Crippen molar-refractivity contribution in [2.24, 2.45) is 0 Å². The molecule has 0 saturated carbocycles. The largest absolute Gasteiger partial charge is 0.484 e. The zero-order valence-electron chi connectivity index (χ0n) is 15.8. The van der Waals surface area contributed by atoms with Gasteiger partial charge in [-0.3, -0.25) is 9.59 Å². The first-order chi connectivity index (χ1) is 13.7. The molecule has 4 amide bonds. The molecule has 3 N–H and O–H groups in total. The van der Waals surface area contributed by atoms with Gasteiger partial charge in [0.05, 0.1) is 0 Å². The Hall–Kier alpha value is -2.98. The maximum atomic E-state index is 12.4. The molecule has 0 spiro atoms. The predicted molar refractivity (Wildman–Crippen MR) is 98.4 cm³/mol. The quantitative estimate of drug-likeness (QED) is 0.632. The summed E-state index contributed by atoms with van der Waals surface area (Å²) in [5.74, 6) is -0.655. The van der Waals surface area contributed by atoms with Crippen LogP contribution in [0.25, 0.3) is 0 Å². The molecule has 2 rings (SSSR count). The van der Waals surface area contributed by atoms with Gasteiger partial charge in [0.25, 0.3) is 5.91 Å². The topological polar surface area (TPSA) is 99.8 Å². The highest BCUT2D eigenvalue weighted by molar-refractivity contribution is 5.94. The Bertz CT molecular complexity index is 725. The van der Waals surface area contributed by atoms with Gasteiger partial charge in [0.2, 0.25) is 5.91 Å². The molecule has 1 aromatic carbocycles. The van der Waals surface area contributed by atoms with E-state index in [1.54, 1.807) is 31.2 Å². The summed E-state index contributed by atoms with van der Waals surface area (Å²) in [6.45, 7) is 0.986. The van der Waals surface area contributed by atoms with Crippen LogP contribution in [0.4, 0.5) is 23.7 Å². The van der Waals surface area contributed by atoms with E-state index in [9.17, 15) is 27.6 Å². The number of nitrogens with one attached hydrogen (secondary N) is 3. The van der Waals surface area contributed by atoms with Crippen LogP contribution in [0.5, 0.6) is 5.75 Å². The summed E-state index contributed by atoms with van der Waals surface area (Å²) in [5.41, 5.74) is 0.418. The zero-order valence-corrected chi connectivity index (χ0v) is 15.8. The Labute approximate surface area is 165 Å². The second kappa shape index (κ2) is 9.99. The number of amides is 4. The first-order valence-corrected chi connectivity index (χ1v) is 9.11. The van der Waals surface area contributed by atoms with E-state index in [0.29, 0.717) is 30.8 Å². The standard InChI is InChI=1S/C18H23F3N4O4/c1-2-22-15(26)10-29-13-7-5-12(6-8-13)24-17(28)25-9-3-4-14(25)16(27)23-11-18(19,20)21/h5-8,14H,2-4,9-11H2,1H3,(H,22,26)(H,23,27)(H,24,28). The number of carbonyl (C=O) groups excluding carboxylic acids is 3. The number of ether oxygens (including phenoxy) is 1. The fraction of sp³-hybridized carbons (Fsp3) is 0.500. The number of halogens is 3. The lowest BCUT2D eigenvalue weighted by Gasteiger charge is -2.24. The van der Waals surface area contributed by atoms with Crippen LogP contribution in [0.2, 0.25) is 0 Å². The van der Waals surface area contributed by atoms with E-state index in [4.69, 9.17) is 4.74 Å². The summed E-state index contributed by atoms with van der Waals surface area (Å²) in [4.78, 5) is 37.0. The number of nitrogens with zero attached hydrogens (tertiary/aromatic N) is 1. The Balaban J connectivity index is 1.88. The number of alkyl halides is 3. The van der Waals surface area contributed by atoms with Gasteiger partial charge in [-0.15, -0.1) is 0 Å². The molecule has 1 aliphatic rings. The number of hydrogen-bond donors (Lipinski definition) is 3. The van der Waals surface area contributed by atoms with E-state index in [-0.39, 0.29) is 19.1 Å². The van der Waals surface area contributed by atoms with Gasteiger partial charge in [-0.2, -0.15) is 13.2 Å². The van der Waals surface area contributed by atoms with Crippen LogP contribution in [-0.4, -0.2) is 61.2 Å². The van der Waals surface area contributed by atoms with Gasteiger partial charge >= 0.3 is 12.2 Å². The van der Waals surface area contributed by atoms with E-state index >= 15 is 0 Å². The van der Waals surface area contributed by atoms with E-state index < -0.39 is 30.7 Å². The number of urea groups is 1. The van der Waals surface area contributed by atoms with Crippen molar-refractivity contribution in [1.82, 2.24) is 15.5 Å². The monoisotopic (exact) mass is 416 g/mol. The molecule has 0 aromatic heterocycles. The van der Waals surface area contributed by atoms with Crippen molar-refractivity contribution in [2.45, 2.75) is 32.0 Å². The van der Waals surface area contributed by atoms with E-state index in [2.05, 4.69) is 10.6 Å². The van der Waals surface area contributed by atoms with Crippen molar-refractivity contribution in [3.05, 3.63) is 24.3 Å². The average Bonchev–Trinajstić information content (AvgIpc) is 3.15. The zero-order chi connectivity index (χ0) is 21.4. The Morgan fingerprint density at radius 3 is 2.48 bits per heavy atom. The fourth-order valence-electron chi connectivity index (χ4n) is 2.81. The number of anilines is 1. The lowest BCUT2D eigenvalue weighted by Crippen LogP contribution is -2.49. The van der Waals surface area contributed by atoms with Crippen LogP contribution in [-0.2, 0) is 9.59 Å². The number of carbonyl (C=O) groups is 3.